The van der Waals surface area contributed by atoms with Crippen molar-refractivity contribution < 1.29 is 9.53 Å². The molecule has 1 aromatic carbocycles. The highest BCUT2D eigenvalue weighted by Crippen LogP contribution is 2.21. The second kappa shape index (κ2) is 9.88. The highest BCUT2D eigenvalue weighted by molar-refractivity contribution is 6.19. The van der Waals surface area contributed by atoms with Crippen LogP contribution in [0, 0.1) is 12.3 Å². The molecule has 1 fully saturated rings. The molecular weight excluding hydrogens is 352 g/mol. The fraction of sp³-hybridized carbons (Fsp3) is 0.409. The van der Waals surface area contributed by atoms with Gasteiger partial charge in [-0.15, -0.1) is 0 Å². The molecule has 1 aliphatic carbocycles. The molecule has 3 N–H and O–H groups in total. The summed E-state index contributed by atoms with van der Waals surface area (Å²) in [6.07, 6.45) is 3.84. The molecule has 2 rings (SSSR count). The van der Waals surface area contributed by atoms with Crippen molar-refractivity contribution in [2.45, 2.75) is 46.6 Å². The van der Waals surface area contributed by atoms with Gasteiger partial charge in [0.2, 0.25) is 5.90 Å². The third-order valence-electron chi connectivity index (χ3n) is 4.33. The largest absolute Gasteiger partial charge is 0.483 e. The van der Waals surface area contributed by atoms with E-state index in [2.05, 4.69) is 21.7 Å². The fourth-order valence-corrected chi connectivity index (χ4v) is 2.59. The average molecular weight is 383 g/mol. The first-order valence-corrected chi connectivity index (χ1v) is 9.47. The molecule has 150 valence electrons. The SMILES string of the molecule is CO/C(CNC(=O)/C(=C/NC1CC1)C(C)=N)=N\C(=C(C)C)c1cccc(C)c1. The molecular formula is C22H30N4O2. The molecule has 6 heteroatoms. The number of methoxy groups -OCH3 is 1. The third kappa shape index (κ3) is 6.37. The van der Waals surface area contributed by atoms with Crippen LogP contribution < -0.4 is 10.6 Å². The van der Waals surface area contributed by atoms with Gasteiger partial charge in [-0.1, -0.05) is 23.8 Å². The number of hydrogen-bond acceptors (Lipinski definition) is 5. The Morgan fingerprint density at radius 3 is 2.57 bits per heavy atom. The predicted molar refractivity (Wildman–Crippen MR) is 115 cm³/mol. The molecule has 0 aromatic heterocycles. The van der Waals surface area contributed by atoms with Crippen molar-refractivity contribution in [3.8, 4) is 0 Å². The smallest absolute Gasteiger partial charge is 0.255 e. The topological polar surface area (TPSA) is 86.6 Å². The Morgan fingerprint density at radius 2 is 2.04 bits per heavy atom. The number of nitrogens with one attached hydrogen (secondary N) is 3. The molecule has 0 saturated heterocycles. The minimum atomic E-state index is -0.320. The summed E-state index contributed by atoms with van der Waals surface area (Å²) >= 11 is 0. The lowest BCUT2D eigenvalue weighted by Gasteiger charge is -2.12. The van der Waals surface area contributed by atoms with Gasteiger partial charge in [-0.2, -0.15) is 0 Å². The Balaban J connectivity index is 2.13. The standard InChI is InChI=1S/C22H30N4O2/c1-14(2)21(17-8-6-7-15(3)11-17)26-20(28-5)13-25-22(27)19(16(4)23)12-24-18-9-10-18/h6-8,11-12,18,23-24H,9-10,13H2,1-5H3,(H,25,27)/b19-12+,23-16?,26-20-. The normalized spacial score (nSPS) is 14.3. The van der Waals surface area contributed by atoms with Crippen LogP contribution in [0.15, 0.2) is 46.6 Å². The van der Waals surface area contributed by atoms with Crippen LogP contribution in [0.1, 0.15) is 44.7 Å². The Morgan fingerprint density at radius 1 is 1.32 bits per heavy atom. The van der Waals surface area contributed by atoms with Crippen LogP contribution in [-0.2, 0) is 9.53 Å². The van der Waals surface area contributed by atoms with Crippen molar-refractivity contribution in [3.05, 3.63) is 52.7 Å². The van der Waals surface area contributed by atoms with Crippen molar-refractivity contribution in [2.75, 3.05) is 13.7 Å². The lowest BCUT2D eigenvalue weighted by molar-refractivity contribution is -0.116. The van der Waals surface area contributed by atoms with Gasteiger partial charge in [0.05, 0.1) is 24.9 Å². The summed E-state index contributed by atoms with van der Waals surface area (Å²) in [4.78, 5) is 17.1. The van der Waals surface area contributed by atoms with E-state index in [-0.39, 0.29) is 18.2 Å². The summed E-state index contributed by atoms with van der Waals surface area (Å²) in [5.74, 6) is 0.0860. The lowest BCUT2D eigenvalue weighted by Crippen LogP contribution is -2.33. The molecule has 1 amide bonds. The molecule has 0 bridgehead atoms. The first kappa shape index (κ1) is 21.4. The number of carbonyl (C=O) groups is 1. The molecule has 0 atom stereocenters. The van der Waals surface area contributed by atoms with E-state index in [1.165, 1.54) is 7.11 Å². The molecule has 0 aliphatic heterocycles. The molecule has 0 radical (unpaired) electrons. The third-order valence-corrected chi connectivity index (χ3v) is 4.33. The Kier molecular flexibility index (Phi) is 7.55. The lowest BCUT2D eigenvalue weighted by atomic mass is 10.1. The van der Waals surface area contributed by atoms with E-state index >= 15 is 0 Å². The summed E-state index contributed by atoms with van der Waals surface area (Å²) in [6, 6.07) is 8.53. The van der Waals surface area contributed by atoms with Crippen molar-refractivity contribution in [3.63, 3.8) is 0 Å². The zero-order valence-electron chi connectivity index (χ0n) is 17.3. The Bertz CT molecular complexity index is 829. The van der Waals surface area contributed by atoms with Crippen molar-refractivity contribution in [1.29, 1.82) is 5.41 Å². The van der Waals surface area contributed by atoms with E-state index in [1.54, 1.807) is 13.1 Å². The van der Waals surface area contributed by atoms with Crippen LogP contribution in [0.25, 0.3) is 5.70 Å². The van der Waals surface area contributed by atoms with Gasteiger partial charge in [0.15, 0.2) is 0 Å². The van der Waals surface area contributed by atoms with E-state index < -0.39 is 0 Å². The number of carbonyl (C=O) groups excluding carboxylic acids is 1. The number of aryl methyl sites for hydroxylation is 1. The summed E-state index contributed by atoms with van der Waals surface area (Å²) < 4.78 is 5.39. The maximum atomic E-state index is 12.5. The molecule has 0 spiro atoms. The molecule has 1 saturated carbocycles. The van der Waals surface area contributed by atoms with Crippen LogP contribution >= 0.6 is 0 Å². The molecule has 1 aliphatic rings. The zero-order valence-corrected chi connectivity index (χ0v) is 17.3. The van der Waals surface area contributed by atoms with Crippen LogP contribution in [0.5, 0.6) is 0 Å². The van der Waals surface area contributed by atoms with E-state index in [0.29, 0.717) is 17.5 Å². The number of allylic oxidation sites excluding steroid dienone is 1. The van der Waals surface area contributed by atoms with E-state index in [1.807, 2.05) is 39.0 Å². The highest BCUT2D eigenvalue weighted by Gasteiger charge is 2.21. The first-order valence-electron chi connectivity index (χ1n) is 9.47. The molecule has 0 heterocycles. The summed E-state index contributed by atoms with van der Waals surface area (Å²) in [5.41, 5.74) is 4.57. The minimum Gasteiger partial charge on any atom is -0.483 e. The molecule has 1 aromatic rings. The van der Waals surface area contributed by atoms with Crippen molar-refractivity contribution >= 4 is 23.2 Å². The predicted octanol–water partition coefficient (Wildman–Crippen LogP) is 3.58. The highest BCUT2D eigenvalue weighted by atomic mass is 16.5. The second-order valence-corrected chi connectivity index (χ2v) is 7.23. The number of hydrogen-bond donors (Lipinski definition) is 3. The summed E-state index contributed by atoms with van der Waals surface area (Å²) in [6.45, 7) is 7.78. The molecule has 0 unspecified atom stereocenters. The van der Waals surface area contributed by atoms with Gasteiger partial charge in [-0.3, -0.25) is 4.79 Å². The quantitative estimate of drug-likeness (QED) is 0.365. The summed E-state index contributed by atoms with van der Waals surface area (Å²) in [5, 5.41) is 13.8. The number of benzene rings is 1. The van der Waals surface area contributed by atoms with E-state index in [4.69, 9.17) is 10.1 Å². The molecule has 6 nitrogen and oxygen atoms in total. The van der Waals surface area contributed by atoms with Crippen molar-refractivity contribution in [1.82, 2.24) is 10.6 Å². The zero-order chi connectivity index (χ0) is 20.7. The Hall–Kier alpha value is -2.89. The van der Waals surface area contributed by atoms with Gasteiger partial charge in [0, 0.05) is 23.5 Å². The molecule has 28 heavy (non-hydrogen) atoms. The van der Waals surface area contributed by atoms with Gasteiger partial charge in [0.25, 0.3) is 5.91 Å². The van der Waals surface area contributed by atoms with Crippen LogP contribution in [0.4, 0.5) is 0 Å². The van der Waals surface area contributed by atoms with Gasteiger partial charge in [-0.05, 0) is 52.2 Å². The van der Waals surface area contributed by atoms with Crippen LogP contribution in [0.3, 0.4) is 0 Å². The number of aliphatic imine (C=N–C) groups is 1. The Labute approximate surface area is 167 Å². The average Bonchev–Trinajstić information content (AvgIpc) is 3.45. The fourth-order valence-electron chi connectivity index (χ4n) is 2.59. The summed E-state index contributed by atoms with van der Waals surface area (Å²) in [7, 11) is 1.54. The monoisotopic (exact) mass is 382 g/mol. The number of amides is 1. The number of rotatable bonds is 8. The first-order chi connectivity index (χ1) is 13.3. The number of ether oxygens (including phenoxy) is 1. The van der Waals surface area contributed by atoms with Gasteiger partial charge >= 0.3 is 0 Å². The second-order valence-electron chi connectivity index (χ2n) is 7.23. The maximum absolute atomic E-state index is 12.5. The minimum absolute atomic E-state index is 0.145. The number of nitrogens with zero attached hydrogens (tertiary/aromatic N) is 1. The van der Waals surface area contributed by atoms with Gasteiger partial charge in [0.1, 0.15) is 0 Å². The van der Waals surface area contributed by atoms with E-state index in [9.17, 15) is 4.79 Å². The van der Waals surface area contributed by atoms with Gasteiger partial charge < -0.3 is 20.8 Å². The van der Waals surface area contributed by atoms with Crippen molar-refractivity contribution in [2.24, 2.45) is 4.99 Å². The van der Waals surface area contributed by atoms with Gasteiger partial charge in [-0.25, -0.2) is 4.99 Å². The van der Waals surface area contributed by atoms with Crippen LogP contribution in [-0.4, -0.2) is 37.2 Å². The van der Waals surface area contributed by atoms with E-state index in [0.717, 1.165) is 35.2 Å². The van der Waals surface area contributed by atoms with Crippen LogP contribution in [0.2, 0.25) is 0 Å². The maximum Gasteiger partial charge on any atom is 0.255 e.